The summed E-state index contributed by atoms with van der Waals surface area (Å²) in [7, 11) is 0. The smallest absolute Gasteiger partial charge is 0.251 e. The van der Waals surface area contributed by atoms with Gasteiger partial charge >= 0.3 is 0 Å². The zero-order valence-electron chi connectivity index (χ0n) is 8.74. The lowest BCUT2D eigenvalue weighted by Gasteiger charge is -2.03. The molecule has 88 valence electrons. The van der Waals surface area contributed by atoms with Gasteiger partial charge in [-0.25, -0.2) is 0 Å². The Morgan fingerprint density at radius 1 is 1.24 bits per heavy atom. The molecule has 2 nitrogen and oxygen atoms in total. The summed E-state index contributed by atoms with van der Waals surface area (Å²) in [5.74, 6) is -0.0362. The topological polar surface area (TPSA) is 29.1 Å². The van der Waals surface area contributed by atoms with E-state index in [2.05, 4.69) is 43.8 Å². The number of nitrogens with one attached hydrogen (secondary N) is 1. The number of carbonyl (C=O) groups is 1. The van der Waals surface area contributed by atoms with Crippen LogP contribution < -0.4 is 5.32 Å². The molecule has 0 saturated carbocycles. The fourth-order valence-electron chi connectivity index (χ4n) is 1.32. The molecule has 0 atom stereocenters. The number of hydrogen-bond donors (Lipinski definition) is 1. The van der Waals surface area contributed by atoms with Gasteiger partial charge in [0.05, 0.1) is 10.3 Å². The average Bonchev–Trinajstić information content (AvgIpc) is 2.73. The first kappa shape index (κ1) is 13.0. The number of carbonyl (C=O) groups excluding carboxylic acids is 1. The van der Waals surface area contributed by atoms with E-state index in [0.717, 1.165) is 12.2 Å². The van der Waals surface area contributed by atoms with Crippen LogP contribution in [-0.2, 0) is 6.54 Å². The molecule has 0 spiro atoms. The van der Waals surface area contributed by atoms with Gasteiger partial charge in [0.2, 0.25) is 0 Å². The molecule has 17 heavy (non-hydrogen) atoms. The van der Waals surface area contributed by atoms with Crippen molar-refractivity contribution in [1.29, 1.82) is 0 Å². The Bertz CT molecular complexity index is 524. The molecule has 2 rings (SSSR count). The minimum absolute atomic E-state index is 0.0362. The number of benzene rings is 1. The molecule has 2 aromatic rings. The van der Waals surface area contributed by atoms with Crippen LogP contribution in [0.15, 0.2) is 40.2 Å². The normalized spacial score (nSPS) is 10.2. The minimum atomic E-state index is -0.0362. The molecule has 1 aromatic heterocycles. The molecule has 0 unspecified atom stereocenters. The van der Waals surface area contributed by atoms with E-state index >= 15 is 0 Å². The molecule has 5 heteroatoms. The fraction of sp³-hybridized carbons (Fsp3) is 0.0833. The minimum Gasteiger partial charge on any atom is -0.347 e. The van der Waals surface area contributed by atoms with Crippen LogP contribution in [0, 0.1) is 3.57 Å². The molecular weight excluding hydrogens is 413 g/mol. The first-order chi connectivity index (χ1) is 8.15. The largest absolute Gasteiger partial charge is 0.347 e. The second-order valence-electron chi connectivity index (χ2n) is 3.40. The quantitative estimate of drug-likeness (QED) is 0.744. The van der Waals surface area contributed by atoms with Crippen LogP contribution >= 0.6 is 49.9 Å². The summed E-state index contributed by atoms with van der Waals surface area (Å²) in [5.41, 5.74) is 0.695. The van der Waals surface area contributed by atoms with Gasteiger partial charge in [0.15, 0.2) is 0 Å². The Morgan fingerprint density at radius 3 is 2.53 bits per heavy atom. The van der Waals surface area contributed by atoms with Gasteiger partial charge in [0.25, 0.3) is 5.91 Å². The first-order valence-corrected chi connectivity index (χ1v) is 7.62. The maximum Gasteiger partial charge on any atom is 0.251 e. The third-order valence-corrected chi connectivity index (χ3v) is 4.50. The summed E-state index contributed by atoms with van der Waals surface area (Å²) < 4.78 is 2.21. The third-order valence-electron chi connectivity index (χ3n) is 2.16. The van der Waals surface area contributed by atoms with Gasteiger partial charge in [0.1, 0.15) is 0 Å². The molecular formula is C12H9BrINOS. The zero-order chi connectivity index (χ0) is 12.3. The highest BCUT2D eigenvalue weighted by atomic mass is 127. The van der Waals surface area contributed by atoms with Gasteiger partial charge in [-0.2, -0.15) is 0 Å². The zero-order valence-corrected chi connectivity index (χ0v) is 13.3. The predicted octanol–water partition coefficient (Wildman–Crippen LogP) is 4.05. The lowest BCUT2D eigenvalue weighted by Crippen LogP contribution is -2.22. The number of hydrogen-bond acceptors (Lipinski definition) is 2. The number of thiophene rings is 1. The molecule has 1 N–H and O–H groups in total. The van der Waals surface area contributed by atoms with Crippen molar-refractivity contribution in [3.05, 3.63) is 54.2 Å². The van der Waals surface area contributed by atoms with Crippen molar-refractivity contribution in [1.82, 2.24) is 5.32 Å². The van der Waals surface area contributed by atoms with Gasteiger partial charge in [-0.3, -0.25) is 4.79 Å². The molecule has 0 aliphatic rings. The third kappa shape index (κ3) is 3.79. The van der Waals surface area contributed by atoms with Crippen molar-refractivity contribution in [3.63, 3.8) is 0 Å². The van der Waals surface area contributed by atoms with Crippen molar-refractivity contribution in [2.45, 2.75) is 6.54 Å². The highest BCUT2D eigenvalue weighted by Crippen LogP contribution is 2.21. The molecule has 0 bridgehead atoms. The fourth-order valence-corrected chi connectivity index (χ4v) is 3.10. The van der Waals surface area contributed by atoms with Crippen LogP contribution in [0.3, 0.4) is 0 Å². The van der Waals surface area contributed by atoms with Crippen molar-refractivity contribution < 1.29 is 4.79 Å². The van der Waals surface area contributed by atoms with E-state index in [-0.39, 0.29) is 5.91 Å². The molecule has 0 fully saturated rings. The second-order valence-corrected chi connectivity index (χ2v) is 7.19. The molecule has 0 radical (unpaired) electrons. The number of amides is 1. The van der Waals surface area contributed by atoms with Crippen LogP contribution in [0.1, 0.15) is 15.2 Å². The van der Waals surface area contributed by atoms with E-state index in [4.69, 9.17) is 0 Å². The Labute approximate surface area is 126 Å². The Hall–Kier alpha value is -0.400. The van der Waals surface area contributed by atoms with E-state index in [9.17, 15) is 4.79 Å². The van der Waals surface area contributed by atoms with E-state index in [1.807, 2.05) is 36.4 Å². The second kappa shape index (κ2) is 5.97. The molecule has 0 saturated heterocycles. The van der Waals surface area contributed by atoms with Crippen molar-refractivity contribution >= 4 is 55.8 Å². The number of halogens is 2. The van der Waals surface area contributed by atoms with Crippen molar-refractivity contribution in [2.75, 3.05) is 0 Å². The van der Waals surface area contributed by atoms with E-state index in [0.29, 0.717) is 12.1 Å². The molecule has 0 aliphatic heterocycles. The summed E-state index contributed by atoms with van der Waals surface area (Å²) >= 11 is 7.24. The Kier molecular flexibility index (Phi) is 4.58. The molecule has 1 amide bonds. The van der Waals surface area contributed by atoms with Gasteiger partial charge in [-0.1, -0.05) is 0 Å². The molecule has 1 aromatic carbocycles. The van der Waals surface area contributed by atoms with Gasteiger partial charge in [0, 0.05) is 14.0 Å². The maximum atomic E-state index is 11.8. The average molecular weight is 422 g/mol. The summed E-state index contributed by atoms with van der Waals surface area (Å²) in [6.07, 6.45) is 0. The lowest BCUT2D eigenvalue weighted by molar-refractivity contribution is 0.0951. The van der Waals surface area contributed by atoms with Gasteiger partial charge in [-0.05, 0) is 74.9 Å². The summed E-state index contributed by atoms with van der Waals surface area (Å²) in [5, 5.41) is 2.90. The SMILES string of the molecule is O=C(NCc1ccc(Br)s1)c1ccc(I)cc1. The Balaban J connectivity index is 1.95. The van der Waals surface area contributed by atoms with Crippen LogP contribution in [0.4, 0.5) is 0 Å². The lowest BCUT2D eigenvalue weighted by atomic mass is 10.2. The van der Waals surface area contributed by atoms with Crippen molar-refractivity contribution in [2.24, 2.45) is 0 Å². The highest BCUT2D eigenvalue weighted by Gasteiger charge is 2.05. The molecule has 0 aliphatic carbocycles. The van der Waals surface area contributed by atoms with Crippen LogP contribution in [0.25, 0.3) is 0 Å². The van der Waals surface area contributed by atoms with Crippen LogP contribution in [0.5, 0.6) is 0 Å². The Morgan fingerprint density at radius 2 is 1.94 bits per heavy atom. The summed E-state index contributed by atoms with van der Waals surface area (Å²) in [4.78, 5) is 13.0. The van der Waals surface area contributed by atoms with Crippen LogP contribution in [0.2, 0.25) is 0 Å². The predicted molar refractivity (Wildman–Crippen MR) is 82.3 cm³/mol. The van der Waals surface area contributed by atoms with E-state index in [1.165, 1.54) is 0 Å². The van der Waals surface area contributed by atoms with Gasteiger partial charge < -0.3 is 5.32 Å². The van der Waals surface area contributed by atoms with E-state index in [1.54, 1.807) is 11.3 Å². The molecule has 1 heterocycles. The number of rotatable bonds is 3. The first-order valence-electron chi connectivity index (χ1n) is 4.93. The van der Waals surface area contributed by atoms with E-state index < -0.39 is 0 Å². The summed E-state index contributed by atoms with van der Waals surface area (Å²) in [6, 6.07) is 11.5. The standard InChI is InChI=1S/C12H9BrINOS/c13-11-6-5-10(17-11)7-15-12(16)8-1-3-9(14)4-2-8/h1-6H,7H2,(H,15,16). The summed E-state index contributed by atoms with van der Waals surface area (Å²) in [6.45, 7) is 0.571. The monoisotopic (exact) mass is 421 g/mol. The maximum absolute atomic E-state index is 11.8. The highest BCUT2D eigenvalue weighted by molar-refractivity contribution is 14.1. The van der Waals surface area contributed by atoms with Gasteiger partial charge in [-0.15, -0.1) is 11.3 Å². The van der Waals surface area contributed by atoms with Crippen molar-refractivity contribution in [3.8, 4) is 0 Å². The van der Waals surface area contributed by atoms with Crippen LogP contribution in [-0.4, -0.2) is 5.91 Å².